The third kappa shape index (κ3) is 3.67. The lowest BCUT2D eigenvalue weighted by Gasteiger charge is -2.21. The van der Waals surface area contributed by atoms with Crippen LogP contribution in [-0.2, 0) is 0 Å². The molecule has 15 heavy (non-hydrogen) atoms. The van der Waals surface area contributed by atoms with Crippen molar-refractivity contribution in [3.05, 3.63) is 18.0 Å². The van der Waals surface area contributed by atoms with Crippen molar-refractivity contribution in [1.29, 1.82) is 0 Å². The van der Waals surface area contributed by atoms with E-state index in [1.165, 1.54) is 18.4 Å². The summed E-state index contributed by atoms with van der Waals surface area (Å²) in [5.74, 6) is 0. The van der Waals surface area contributed by atoms with Crippen molar-refractivity contribution >= 4 is 0 Å². The quantitative estimate of drug-likeness (QED) is 0.730. The molecule has 1 aromatic rings. The van der Waals surface area contributed by atoms with Crippen LogP contribution >= 0.6 is 0 Å². The zero-order chi connectivity index (χ0) is 11.3. The van der Waals surface area contributed by atoms with Crippen LogP contribution in [0.2, 0.25) is 0 Å². The summed E-state index contributed by atoms with van der Waals surface area (Å²) in [5, 5.41) is 7.87. The fourth-order valence-corrected chi connectivity index (χ4v) is 1.56. The Morgan fingerprint density at radius 2 is 2.20 bits per heavy atom. The zero-order valence-corrected chi connectivity index (χ0v) is 10.3. The van der Waals surface area contributed by atoms with Gasteiger partial charge in [0, 0.05) is 12.2 Å². The third-order valence-corrected chi connectivity index (χ3v) is 2.87. The summed E-state index contributed by atoms with van der Waals surface area (Å²) in [7, 11) is 0. The maximum Gasteiger partial charge on any atom is 0.0641 e. The molecule has 1 aromatic heterocycles. The number of aryl methyl sites for hydroxylation is 1. The molecule has 0 saturated heterocycles. The molecule has 0 spiro atoms. The molecule has 0 bridgehead atoms. The maximum atomic E-state index is 4.34. The molecule has 1 rings (SSSR count). The van der Waals surface area contributed by atoms with Crippen LogP contribution < -0.4 is 5.32 Å². The van der Waals surface area contributed by atoms with Crippen LogP contribution in [0.5, 0.6) is 0 Å². The second-order valence-electron chi connectivity index (χ2n) is 4.33. The van der Waals surface area contributed by atoms with E-state index in [1.54, 1.807) is 0 Å². The summed E-state index contributed by atoms with van der Waals surface area (Å²) >= 11 is 0. The van der Waals surface area contributed by atoms with Crippen LogP contribution in [0.1, 0.15) is 45.2 Å². The predicted molar refractivity (Wildman–Crippen MR) is 64.0 cm³/mol. The molecule has 0 fully saturated rings. The summed E-state index contributed by atoms with van der Waals surface area (Å²) in [6, 6.07) is 0.881. The first-order valence-corrected chi connectivity index (χ1v) is 5.89. The Balaban J connectivity index is 2.42. The molecule has 1 N–H and O–H groups in total. The number of hydrogen-bond acceptors (Lipinski definition) is 2. The number of nitrogens with zero attached hydrogens (tertiary/aromatic N) is 2. The van der Waals surface area contributed by atoms with Gasteiger partial charge in [-0.3, -0.25) is 4.68 Å². The number of hydrogen-bond donors (Lipinski definition) is 1. The first-order chi connectivity index (χ1) is 7.15. The van der Waals surface area contributed by atoms with E-state index in [4.69, 9.17) is 0 Å². The van der Waals surface area contributed by atoms with Crippen LogP contribution in [0.25, 0.3) is 0 Å². The fourth-order valence-electron chi connectivity index (χ4n) is 1.56. The van der Waals surface area contributed by atoms with Gasteiger partial charge in [0.05, 0.1) is 12.2 Å². The fraction of sp³-hybridized carbons (Fsp3) is 0.750. The van der Waals surface area contributed by atoms with Gasteiger partial charge in [-0.25, -0.2) is 0 Å². The highest BCUT2D eigenvalue weighted by molar-refractivity contribution is 5.00. The number of aromatic nitrogens is 2. The Kier molecular flexibility index (Phi) is 4.82. The van der Waals surface area contributed by atoms with Crippen LogP contribution in [0.3, 0.4) is 0 Å². The largest absolute Gasteiger partial charge is 0.312 e. The number of rotatable bonds is 6. The molecule has 0 aliphatic carbocycles. The van der Waals surface area contributed by atoms with Crippen molar-refractivity contribution in [2.45, 2.75) is 52.6 Å². The Hall–Kier alpha value is -0.830. The van der Waals surface area contributed by atoms with E-state index in [0.29, 0.717) is 12.1 Å². The normalized spacial score (nSPS) is 15.2. The Bertz CT molecular complexity index is 280. The van der Waals surface area contributed by atoms with Gasteiger partial charge in [-0.1, -0.05) is 13.3 Å². The van der Waals surface area contributed by atoms with Crippen LogP contribution in [0, 0.1) is 6.92 Å². The molecule has 0 saturated carbocycles. The molecule has 0 amide bonds. The molecule has 2 unspecified atom stereocenters. The minimum Gasteiger partial charge on any atom is -0.312 e. The average molecular weight is 209 g/mol. The van der Waals surface area contributed by atoms with Gasteiger partial charge in [-0.05, 0) is 39.3 Å². The molecule has 86 valence electrons. The summed E-state index contributed by atoms with van der Waals surface area (Å²) in [6.07, 6.45) is 6.50. The van der Waals surface area contributed by atoms with E-state index in [1.807, 2.05) is 10.9 Å². The SMILES string of the molecule is CCCCNC(C)C(C)n1cc(C)cn1. The third-order valence-electron chi connectivity index (χ3n) is 2.87. The minimum atomic E-state index is 0.413. The van der Waals surface area contributed by atoms with Crippen molar-refractivity contribution in [3.63, 3.8) is 0 Å². The first kappa shape index (κ1) is 12.2. The van der Waals surface area contributed by atoms with Gasteiger partial charge in [0.25, 0.3) is 0 Å². The van der Waals surface area contributed by atoms with E-state index in [-0.39, 0.29) is 0 Å². The Morgan fingerprint density at radius 1 is 1.47 bits per heavy atom. The van der Waals surface area contributed by atoms with Gasteiger partial charge in [0.15, 0.2) is 0 Å². The summed E-state index contributed by atoms with van der Waals surface area (Å²) in [5.41, 5.74) is 1.22. The van der Waals surface area contributed by atoms with Crippen molar-refractivity contribution in [1.82, 2.24) is 15.1 Å². The second kappa shape index (κ2) is 5.91. The summed E-state index contributed by atoms with van der Waals surface area (Å²) in [4.78, 5) is 0. The van der Waals surface area contributed by atoms with E-state index in [9.17, 15) is 0 Å². The smallest absolute Gasteiger partial charge is 0.0641 e. The topological polar surface area (TPSA) is 29.9 Å². The highest BCUT2D eigenvalue weighted by atomic mass is 15.3. The van der Waals surface area contributed by atoms with Crippen LogP contribution in [0.15, 0.2) is 12.4 Å². The van der Waals surface area contributed by atoms with Crippen LogP contribution in [0.4, 0.5) is 0 Å². The molecular weight excluding hydrogens is 186 g/mol. The second-order valence-corrected chi connectivity index (χ2v) is 4.33. The lowest BCUT2D eigenvalue weighted by molar-refractivity contribution is 0.364. The average Bonchev–Trinajstić information content (AvgIpc) is 2.64. The summed E-state index contributed by atoms with van der Waals surface area (Å²) in [6.45, 7) is 9.81. The molecule has 0 aromatic carbocycles. The highest BCUT2D eigenvalue weighted by Crippen LogP contribution is 2.10. The molecule has 0 aliphatic heterocycles. The van der Waals surface area contributed by atoms with Gasteiger partial charge in [0.1, 0.15) is 0 Å². The van der Waals surface area contributed by atoms with Crippen molar-refractivity contribution in [2.24, 2.45) is 0 Å². The van der Waals surface area contributed by atoms with Gasteiger partial charge in [0.2, 0.25) is 0 Å². The molecule has 3 nitrogen and oxygen atoms in total. The number of unbranched alkanes of at least 4 members (excludes halogenated alkanes) is 1. The van der Waals surface area contributed by atoms with E-state index >= 15 is 0 Å². The molecule has 3 heteroatoms. The lowest BCUT2D eigenvalue weighted by Crippen LogP contribution is -2.34. The van der Waals surface area contributed by atoms with Crippen molar-refractivity contribution in [3.8, 4) is 0 Å². The monoisotopic (exact) mass is 209 g/mol. The van der Waals surface area contributed by atoms with E-state index in [2.05, 4.69) is 44.3 Å². The van der Waals surface area contributed by atoms with Crippen molar-refractivity contribution < 1.29 is 0 Å². The highest BCUT2D eigenvalue weighted by Gasteiger charge is 2.13. The lowest BCUT2D eigenvalue weighted by atomic mass is 10.1. The molecular formula is C12H23N3. The zero-order valence-electron chi connectivity index (χ0n) is 10.3. The van der Waals surface area contributed by atoms with Gasteiger partial charge < -0.3 is 5.32 Å². The Labute approximate surface area is 92.9 Å². The maximum absolute atomic E-state index is 4.34. The van der Waals surface area contributed by atoms with E-state index in [0.717, 1.165) is 6.54 Å². The molecule has 0 aliphatic rings. The van der Waals surface area contributed by atoms with Gasteiger partial charge in [-0.15, -0.1) is 0 Å². The van der Waals surface area contributed by atoms with Crippen molar-refractivity contribution in [2.75, 3.05) is 6.54 Å². The van der Waals surface area contributed by atoms with Crippen LogP contribution in [-0.4, -0.2) is 22.4 Å². The van der Waals surface area contributed by atoms with Gasteiger partial charge >= 0.3 is 0 Å². The minimum absolute atomic E-state index is 0.413. The van der Waals surface area contributed by atoms with E-state index < -0.39 is 0 Å². The number of nitrogens with one attached hydrogen (secondary N) is 1. The standard InChI is InChI=1S/C12H23N3/c1-5-6-7-13-11(3)12(4)15-9-10(2)8-14-15/h8-9,11-13H,5-7H2,1-4H3. The first-order valence-electron chi connectivity index (χ1n) is 5.89. The molecule has 2 atom stereocenters. The predicted octanol–water partition coefficient (Wildman–Crippen LogP) is 2.53. The van der Waals surface area contributed by atoms with Gasteiger partial charge in [-0.2, -0.15) is 5.10 Å². The molecule has 1 heterocycles. The molecule has 0 radical (unpaired) electrons. The Morgan fingerprint density at radius 3 is 2.73 bits per heavy atom. The summed E-state index contributed by atoms with van der Waals surface area (Å²) < 4.78 is 2.04.